The van der Waals surface area contributed by atoms with Crippen LogP contribution in [0.3, 0.4) is 0 Å². The molecule has 190 valence electrons. The molecule has 1 aliphatic heterocycles. The predicted octanol–water partition coefficient (Wildman–Crippen LogP) is 7.02. The van der Waals surface area contributed by atoms with Crippen LogP contribution >= 0.6 is 15.9 Å². The van der Waals surface area contributed by atoms with Gasteiger partial charge in [-0.1, -0.05) is 36.4 Å². The molecule has 5 nitrogen and oxygen atoms in total. The van der Waals surface area contributed by atoms with Crippen LogP contribution in [-0.4, -0.2) is 44.8 Å². The number of carbonyl (C=O) groups is 1. The summed E-state index contributed by atoms with van der Waals surface area (Å²) in [5.41, 5.74) is 7.49. The molecular weight excluding hydrogens is 524 g/mol. The number of nitrogens with zero attached hydrogens (tertiary/aromatic N) is 4. The van der Waals surface area contributed by atoms with Crippen molar-refractivity contribution in [3.05, 3.63) is 99.5 Å². The quantitative estimate of drug-likeness (QED) is 0.339. The van der Waals surface area contributed by atoms with E-state index in [0.717, 1.165) is 46.3 Å². The number of hydrogen-bond donors (Lipinski definition) is 0. The highest BCUT2D eigenvalue weighted by molar-refractivity contribution is 9.10. The van der Waals surface area contributed by atoms with E-state index in [1.165, 1.54) is 11.3 Å². The summed E-state index contributed by atoms with van der Waals surface area (Å²) in [6.45, 7) is 0. The number of allylic oxidation sites excluding steroid dienone is 1. The van der Waals surface area contributed by atoms with Gasteiger partial charge in [0.2, 0.25) is 0 Å². The maximum Gasteiger partial charge on any atom is 0.275 e. The number of amides is 1. The Morgan fingerprint density at radius 2 is 1.54 bits per heavy atom. The number of hydrazone groups is 1. The van der Waals surface area contributed by atoms with E-state index in [1.807, 2.05) is 52.5 Å². The Hall–Kier alpha value is -3.38. The van der Waals surface area contributed by atoms with Crippen molar-refractivity contribution in [2.45, 2.75) is 25.3 Å². The molecule has 1 saturated carbocycles. The summed E-state index contributed by atoms with van der Waals surface area (Å²) >= 11 is 3.58. The lowest BCUT2D eigenvalue weighted by Gasteiger charge is -2.30. The molecule has 0 spiro atoms. The summed E-state index contributed by atoms with van der Waals surface area (Å²) < 4.78 is 0.786. The SMILES string of the molecule is CN(C)c1ccc(/C=C2/CCC[C@@H]3C2=NN(C(=O)c2ccccc2Br)[C@@H]3c2ccc(N(C)C)cc2)cc1. The maximum atomic E-state index is 13.9. The van der Waals surface area contributed by atoms with Gasteiger partial charge in [-0.05, 0) is 94.4 Å². The van der Waals surface area contributed by atoms with Crippen molar-refractivity contribution in [1.29, 1.82) is 0 Å². The molecule has 0 N–H and O–H groups in total. The molecule has 0 aromatic heterocycles. The third-order valence-corrected chi connectivity index (χ3v) is 8.01. The molecule has 2 atom stereocenters. The van der Waals surface area contributed by atoms with Gasteiger partial charge in [-0.15, -0.1) is 0 Å². The Kier molecular flexibility index (Phi) is 7.20. The zero-order chi connectivity index (χ0) is 26.1. The van der Waals surface area contributed by atoms with E-state index in [4.69, 9.17) is 5.10 Å². The second kappa shape index (κ2) is 10.5. The molecule has 1 amide bonds. The lowest BCUT2D eigenvalue weighted by molar-refractivity contribution is 0.0680. The summed E-state index contributed by atoms with van der Waals surface area (Å²) in [4.78, 5) is 18.1. The lowest BCUT2D eigenvalue weighted by atomic mass is 9.77. The zero-order valence-corrected chi connectivity index (χ0v) is 23.4. The van der Waals surface area contributed by atoms with Crippen LogP contribution in [0.15, 0.2) is 87.9 Å². The van der Waals surface area contributed by atoms with E-state index in [-0.39, 0.29) is 17.9 Å². The number of halogens is 1. The largest absolute Gasteiger partial charge is 0.378 e. The van der Waals surface area contributed by atoms with Crippen LogP contribution in [0.25, 0.3) is 6.08 Å². The first-order chi connectivity index (χ1) is 17.8. The molecular formula is C31H33BrN4O. The van der Waals surface area contributed by atoms with Gasteiger partial charge in [-0.2, -0.15) is 5.10 Å². The normalized spacial score (nSPS) is 20.0. The molecule has 1 aliphatic carbocycles. The van der Waals surface area contributed by atoms with E-state index < -0.39 is 0 Å². The standard InChI is InChI=1S/C31H33BrN4O/c1-34(2)24-16-12-21(13-17-24)20-23-8-7-10-27-29(23)33-36(31(37)26-9-5-6-11-28(26)32)30(27)22-14-18-25(19-15-22)35(3)4/h5-6,9,11-20,27,30H,7-8,10H2,1-4H3/b23-20-/t27-,30-/m1/s1. The van der Waals surface area contributed by atoms with Crippen molar-refractivity contribution in [2.75, 3.05) is 38.0 Å². The number of fused-ring (bicyclic) bond motifs is 1. The molecule has 0 bridgehead atoms. The molecule has 3 aromatic carbocycles. The van der Waals surface area contributed by atoms with Crippen molar-refractivity contribution in [1.82, 2.24) is 5.01 Å². The van der Waals surface area contributed by atoms with Gasteiger partial charge in [0.1, 0.15) is 0 Å². The highest BCUT2D eigenvalue weighted by atomic mass is 79.9. The number of anilines is 2. The molecule has 0 unspecified atom stereocenters. The van der Waals surface area contributed by atoms with Crippen LogP contribution in [0.2, 0.25) is 0 Å². The van der Waals surface area contributed by atoms with Gasteiger partial charge in [0.15, 0.2) is 0 Å². The smallest absolute Gasteiger partial charge is 0.275 e. The third kappa shape index (κ3) is 5.08. The van der Waals surface area contributed by atoms with Gasteiger partial charge in [-0.3, -0.25) is 4.79 Å². The Balaban J connectivity index is 1.55. The summed E-state index contributed by atoms with van der Waals surface area (Å²) in [6.07, 6.45) is 5.31. The van der Waals surface area contributed by atoms with Crippen molar-refractivity contribution >= 4 is 45.0 Å². The van der Waals surface area contributed by atoms with Gasteiger partial charge in [0.05, 0.1) is 17.3 Å². The summed E-state index contributed by atoms with van der Waals surface area (Å²) in [7, 11) is 8.18. The Morgan fingerprint density at radius 1 is 0.919 bits per heavy atom. The summed E-state index contributed by atoms with van der Waals surface area (Å²) in [5, 5.41) is 6.79. The minimum atomic E-state index is -0.134. The molecule has 0 saturated heterocycles. The maximum absolute atomic E-state index is 13.9. The second-order valence-corrected chi connectivity index (χ2v) is 11.1. The average molecular weight is 558 g/mol. The monoisotopic (exact) mass is 556 g/mol. The fraction of sp³-hybridized carbons (Fsp3) is 0.290. The van der Waals surface area contributed by atoms with Gasteiger partial charge in [0, 0.05) is 50.0 Å². The highest BCUT2D eigenvalue weighted by Gasteiger charge is 2.44. The fourth-order valence-corrected chi connectivity index (χ4v) is 5.75. The third-order valence-electron chi connectivity index (χ3n) is 7.32. The average Bonchev–Trinajstić information content (AvgIpc) is 3.29. The Morgan fingerprint density at radius 3 is 2.16 bits per heavy atom. The molecule has 6 heteroatoms. The Bertz CT molecular complexity index is 1340. The topological polar surface area (TPSA) is 39.1 Å². The van der Waals surface area contributed by atoms with E-state index >= 15 is 0 Å². The van der Waals surface area contributed by atoms with Crippen LogP contribution in [0.5, 0.6) is 0 Å². The van der Waals surface area contributed by atoms with Crippen LogP contribution in [0.1, 0.15) is 46.8 Å². The van der Waals surface area contributed by atoms with Gasteiger partial charge in [-0.25, -0.2) is 5.01 Å². The van der Waals surface area contributed by atoms with Crippen molar-refractivity contribution in [3.63, 3.8) is 0 Å². The Labute approximate surface area is 228 Å². The second-order valence-electron chi connectivity index (χ2n) is 10.2. The number of hydrogen-bond acceptors (Lipinski definition) is 4. The molecule has 1 heterocycles. The summed E-state index contributed by atoms with van der Waals surface area (Å²) in [6, 6.07) is 24.6. The first kappa shape index (κ1) is 25.3. The van der Waals surface area contributed by atoms with E-state index in [9.17, 15) is 4.79 Å². The fourth-order valence-electron chi connectivity index (χ4n) is 5.30. The van der Waals surface area contributed by atoms with Crippen LogP contribution in [0, 0.1) is 5.92 Å². The number of carbonyl (C=O) groups excluding carboxylic acids is 1. The van der Waals surface area contributed by atoms with Gasteiger partial charge < -0.3 is 9.80 Å². The first-order valence-electron chi connectivity index (χ1n) is 12.8. The first-order valence-corrected chi connectivity index (χ1v) is 13.5. The highest BCUT2D eigenvalue weighted by Crippen LogP contribution is 2.45. The molecule has 37 heavy (non-hydrogen) atoms. The van der Waals surface area contributed by atoms with Gasteiger partial charge in [0.25, 0.3) is 5.91 Å². The summed E-state index contributed by atoms with van der Waals surface area (Å²) in [5.74, 6) is 0.0865. The molecule has 2 aliphatic rings. The number of benzene rings is 3. The molecule has 3 aromatic rings. The predicted molar refractivity (Wildman–Crippen MR) is 157 cm³/mol. The van der Waals surface area contributed by atoms with Crippen molar-refractivity contribution in [3.8, 4) is 0 Å². The minimum absolute atomic E-state index is 0.0780. The number of rotatable bonds is 5. The lowest BCUT2D eigenvalue weighted by Crippen LogP contribution is -2.32. The van der Waals surface area contributed by atoms with E-state index in [0.29, 0.717) is 5.56 Å². The molecule has 1 fully saturated rings. The van der Waals surface area contributed by atoms with Crippen molar-refractivity contribution < 1.29 is 4.79 Å². The molecule has 0 radical (unpaired) electrons. The van der Waals surface area contributed by atoms with Crippen LogP contribution in [-0.2, 0) is 0 Å². The van der Waals surface area contributed by atoms with E-state index in [2.05, 4.69) is 80.3 Å². The molecule has 5 rings (SSSR count). The van der Waals surface area contributed by atoms with Gasteiger partial charge >= 0.3 is 0 Å². The van der Waals surface area contributed by atoms with Crippen molar-refractivity contribution in [2.24, 2.45) is 11.0 Å². The zero-order valence-electron chi connectivity index (χ0n) is 21.9. The van der Waals surface area contributed by atoms with E-state index in [1.54, 1.807) is 5.01 Å². The van der Waals surface area contributed by atoms with Crippen LogP contribution in [0.4, 0.5) is 11.4 Å². The minimum Gasteiger partial charge on any atom is -0.378 e. The van der Waals surface area contributed by atoms with Crippen LogP contribution < -0.4 is 9.80 Å².